The molecule has 1 atom stereocenters. The van der Waals surface area contributed by atoms with Crippen LogP contribution in [0.25, 0.3) is 0 Å². The third kappa shape index (κ3) is 2.95. The molecular formula is C17H15ClN2. The molecule has 0 heterocycles. The first-order valence-corrected chi connectivity index (χ1v) is 7.15. The minimum Gasteiger partial charge on any atom is -0.366 e. The SMILES string of the molecule is N#CC(Nc1cccc(Cl)c1)c1cccc(C2CC2)c1. The average molecular weight is 283 g/mol. The lowest BCUT2D eigenvalue weighted by atomic mass is 10.0. The molecule has 2 nitrogen and oxygen atoms in total. The van der Waals surface area contributed by atoms with Gasteiger partial charge in [0.1, 0.15) is 6.04 Å². The summed E-state index contributed by atoms with van der Waals surface area (Å²) in [6, 6.07) is 17.7. The summed E-state index contributed by atoms with van der Waals surface area (Å²) in [6.07, 6.45) is 2.53. The van der Waals surface area contributed by atoms with E-state index in [2.05, 4.69) is 23.5 Å². The van der Waals surface area contributed by atoms with Gasteiger partial charge in [-0.2, -0.15) is 5.26 Å². The lowest BCUT2D eigenvalue weighted by Crippen LogP contribution is -2.08. The van der Waals surface area contributed by atoms with Crippen LogP contribution in [0.2, 0.25) is 5.02 Å². The Labute approximate surface area is 124 Å². The molecule has 0 aromatic heterocycles. The first-order chi connectivity index (χ1) is 9.76. The summed E-state index contributed by atoms with van der Waals surface area (Å²) < 4.78 is 0. The molecule has 0 spiro atoms. The van der Waals surface area contributed by atoms with Crippen LogP contribution >= 0.6 is 11.6 Å². The molecule has 1 aliphatic rings. The van der Waals surface area contributed by atoms with Crippen molar-refractivity contribution in [2.24, 2.45) is 0 Å². The number of hydrogen-bond donors (Lipinski definition) is 1. The van der Waals surface area contributed by atoms with Gasteiger partial charge < -0.3 is 5.32 Å². The summed E-state index contributed by atoms with van der Waals surface area (Å²) in [5.41, 5.74) is 3.22. The van der Waals surface area contributed by atoms with Gasteiger partial charge in [0.15, 0.2) is 0 Å². The summed E-state index contributed by atoms with van der Waals surface area (Å²) in [5.74, 6) is 0.695. The van der Waals surface area contributed by atoms with Crippen molar-refractivity contribution in [2.45, 2.75) is 24.8 Å². The van der Waals surface area contributed by atoms with E-state index in [0.717, 1.165) is 11.3 Å². The molecule has 2 aromatic rings. The maximum atomic E-state index is 9.41. The molecule has 1 fully saturated rings. The van der Waals surface area contributed by atoms with E-state index in [9.17, 15) is 5.26 Å². The van der Waals surface area contributed by atoms with E-state index in [4.69, 9.17) is 11.6 Å². The van der Waals surface area contributed by atoms with Gasteiger partial charge in [-0.05, 0) is 48.1 Å². The van der Waals surface area contributed by atoms with Crippen LogP contribution in [0.15, 0.2) is 48.5 Å². The molecule has 1 unspecified atom stereocenters. The quantitative estimate of drug-likeness (QED) is 0.866. The fourth-order valence-electron chi connectivity index (χ4n) is 2.34. The van der Waals surface area contributed by atoms with Gasteiger partial charge in [-0.15, -0.1) is 0 Å². The summed E-state index contributed by atoms with van der Waals surface area (Å²) in [5, 5.41) is 13.3. The summed E-state index contributed by atoms with van der Waals surface area (Å²) in [7, 11) is 0. The van der Waals surface area contributed by atoms with Gasteiger partial charge in [0.2, 0.25) is 0 Å². The molecule has 1 aliphatic carbocycles. The smallest absolute Gasteiger partial charge is 0.140 e. The molecule has 3 rings (SSSR count). The predicted octanol–water partition coefficient (Wildman–Crippen LogP) is 4.89. The molecule has 3 heteroatoms. The highest BCUT2D eigenvalue weighted by Crippen LogP contribution is 2.40. The number of rotatable bonds is 4. The zero-order valence-corrected chi connectivity index (χ0v) is 11.8. The Morgan fingerprint density at radius 3 is 2.65 bits per heavy atom. The molecule has 0 amide bonds. The second-order valence-corrected chi connectivity index (χ2v) is 5.60. The minimum absolute atomic E-state index is 0.354. The van der Waals surface area contributed by atoms with Crippen LogP contribution in [0.3, 0.4) is 0 Å². The molecule has 100 valence electrons. The van der Waals surface area contributed by atoms with Crippen LogP contribution in [0.1, 0.15) is 35.9 Å². The maximum Gasteiger partial charge on any atom is 0.140 e. The van der Waals surface area contributed by atoms with Crippen LogP contribution in [0, 0.1) is 11.3 Å². The van der Waals surface area contributed by atoms with Crippen molar-refractivity contribution in [1.82, 2.24) is 0 Å². The molecular weight excluding hydrogens is 268 g/mol. The van der Waals surface area contributed by atoms with E-state index in [1.54, 1.807) is 0 Å². The van der Waals surface area contributed by atoms with Crippen molar-refractivity contribution in [2.75, 3.05) is 5.32 Å². The maximum absolute atomic E-state index is 9.41. The van der Waals surface area contributed by atoms with Gasteiger partial charge in [0.25, 0.3) is 0 Å². The van der Waals surface area contributed by atoms with Crippen molar-refractivity contribution < 1.29 is 0 Å². The van der Waals surface area contributed by atoms with Gasteiger partial charge in [0.05, 0.1) is 6.07 Å². The Morgan fingerprint density at radius 1 is 1.15 bits per heavy atom. The normalized spacial score (nSPS) is 15.4. The number of hydrogen-bond acceptors (Lipinski definition) is 2. The third-order valence-corrected chi connectivity index (χ3v) is 3.79. The van der Waals surface area contributed by atoms with E-state index in [1.165, 1.54) is 18.4 Å². The number of halogens is 1. The molecule has 0 saturated heterocycles. The summed E-state index contributed by atoms with van der Waals surface area (Å²) in [4.78, 5) is 0. The summed E-state index contributed by atoms with van der Waals surface area (Å²) in [6.45, 7) is 0. The number of benzene rings is 2. The van der Waals surface area contributed by atoms with Gasteiger partial charge in [-0.25, -0.2) is 0 Å². The average Bonchev–Trinajstić information content (AvgIpc) is 3.29. The Kier molecular flexibility index (Phi) is 3.62. The van der Waals surface area contributed by atoms with Crippen LogP contribution in [-0.2, 0) is 0 Å². The zero-order chi connectivity index (χ0) is 13.9. The van der Waals surface area contributed by atoms with Gasteiger partial charge in [-0.1, -0.05) is 41.9 Å². The summed E-state index contributed by atoms with van der Waals surface area (Å²) >= 11 is 5.97. The van der Waals surface area contributed by atoms with Crippen LogP contribution in [0.5, 0.6) is 0 Å². The minimum atomic E-state index is -0.354. The van der Waals surface area contributed by atoms with E-state index >= 15 is 0 Å². The Morgan fingerprint density at radius 2 is 1.95 bits per heavy atom. The van der Waals surface area contributed by atoms with Gasteiger partial charge >= 0.3 is 0 Å². The van der Waals surface area contributed by atoms with Crippen LogP contribution in [0.4, 0.5) is 5.69 Å². The Hall–Kier alpha value is -1.98. The largest absolute Gasteiger partial charge is 0.366 e. The van der Waals surface area contributed by atoms with Crippen molar-refractivity contribution >= 4 is 17.3 Å². The molecule has 20 heavy (non-hydrogen) atoms. The molecule has 2 aromatic carbocycles. The monoisotopic (exact) mass is 282 g/mol. The van der Waals surface area contributed by atoms with E-state index in [1.807, 2.05) is 36.4 Å². The second kappa shape index (κ2) is 5.56. The van der Waals surface area contributed by atoms with E-state index < -0.39 is 0 Å². The molecule has 0 aliphatic heterocycles. The zero-order valence-electron chi connectivity index (χ0n) is 11.0. The van der Waals surface area contributed by atoms with Crippen molar-refractivity contribution in [3.63, 3.8) is 0 Å². The number of nitriles is 1. The fourth-order valence-corrected chi connectivity index (χ4v) is 2.53. The van der Waals surface area contributed by atoms with E-state index in [-0.39, 0.29) is 6.04 Å². The topological polar surface area (TPSA) is 35.8 Å². The third-order valence-electron chi connectivity index (χ3n) is 3.56. The van der Waals surface area contributed by atoms with Crippen LogP contribution < -0.4 is 5.32 Å². The number of nitrogens with one attached hydrogen (secondary N) is 1. The highest BCUT2D eigenvalue weighted by atomic mass is 35.5. The standard InChI is InChI=1S/C17H15ClN2/c18-15-5-2-6-16(10-15)20-17(11-19)14-4-1-3-13(9-14)12-7-8-12/h1-6,9-10,12,17,20H,7-8H2. The van der Waals surface area contributed by atoms with E-state index in [0.29, 0.717) is 10.9 Å². The van der Waals surface area contributed by atoms with Crippen LogP contribution in [-0.4, -0.2) is 0 Å². The van der Waals surface area contributed by atoms with Crippen molar-refractivity contribution in [3.8, 4) is 6.07 Å². The molecule has 0 bridgehead atoms. The Bertz CT molecular complexity index is 656. The highest BCUT2D eigenvalue weighted by Gasteiger charge is 2.24. The first kappa shape index (κ1) is 13.0. The van der Waals surface area contributed by atoms with Crippen molar-refractivity contribution in [3.05, 3.63) is 64.7 Å². The fraction of sp³-hybridized carbons (Fsp3) is 0.235. The highest BCUT2D eigenvalue weighted by molar-refractivity contribution is 6.30. The van der Waals surface area contributed by atoms with Gasteiger partial charge in [0, 0.05) is 10.7 Å². The molecule has 1 N–H and O–H groups in total. The molecule has 1 saturated carbocycles. The second-order valence-electron chi connectivity index (χ2n) is 5.16. The first-order valence-electron chi connectivity index (χ1n) is 6.78. The lowest BCUT2D eigenvalue weighted by molar-refractivity contribution is 0.984. The number of anilines is 1. The van der Waals surface area contributed by atoms with Gasteiger partial charge in [-0.3, -0.25) is 0 Å². The van der Waals surface area contributed by atoms with Crippen molar-refractivity contribution in [1.29, 1.82) is 5.26 Å². The lowest BCUT2D eigenvalue weighted by Gasteiger charge is -2.14. The molecule has 0 radical (unpaired) electrons. The predicted molar refractivity (Wildman–Crippen MR) is 81.8 cm³/mol. The Balaban J connectivity index is 1.82. The number of nitrogens with zero attached hydrogens (tertiary/aromatic N) is 1.